The Labute approximate surface area is 109 Å². The number of benzene rings is 2. The van der Waals surface area contributed by atoms with Crippen LogP contribution in [0.1, 0.15) is 15.9 Å². The molecule has 0 fully saturated rings. The van der Waals surface area contributed by atoms with Crippen molar-refractivity contribution in [1.29, 1.82) is 0 Å². The summed E-state index contributed by atoms with van der Waals surface area (Å²) < 4.78 is 27.0. The monoisotopic (exact) mass is 262 g/mol. The van der Waals surface area contributed by atoms with Gasteiger partial charge in [0.1, 0.15) is 11.6 Å². The highest BCUT2D eigenvalue weighted by Gasteiger charge is 2.13. The van der Waals surface area contributed by atoms with Crippen LogP contribution in [0.25, 0.3) is 0 Å². The van der Waals surface area contributed by atoms with E-state index >= 15 is 0 Å². The Kier molecular flexibility index (Phi) is 3.87. The van der Waals surface area contributed by atoms with E-state index in [0.717, 1.165) is 0 Å². The van der Waals surface area contributed by atoms with Gasteiger partial charge in [0.2, 0.25) is 0 Å². The second-order valence-electron chi connectivity index (χ2n) is 3.95. The van der Waals surface area contributed by atoms with Crippen LogP contribution in [0, 0.1) is 11.6 Å². The third-order valence-corrected chi connectivity index (χ3v) is 2.64. The van der Waals surface area contributed by atoms with Gasteiger partial charge in [-0.15, -0.1) is 0 Å². The van der Waals surface area contributed by atoms with Crippen molar-refractivity contribution in [3.63, 3.8) is 0 Å². The fourth-order valence-corrected chi connectivity index (χ4v) is 1.62. The Morgan fingerprint density at radius 2 is 1.84 bits per heavy atom. The van der Waals surface area contributed by atoms with Gasteiger partial charge in [0.25, 0.3) is 5.91 Å². The van der Waals surface area contributed by atoms with Gasteiger partial charge in [-0.05, 0) is 29.8 Å². The second kappa shape index (κ2) is 5.58. The lowest BCUT2D eigenvalue weighted by atomic mass is 10.1. The average molecular weight is 262 g/mol. The molecule has 98 valence electrons. The number of carbonyl (C=O) groups is 1. The van der Waals surface area contributed by atoms with E-state index < -0.39 is 17.5 Å². The number of nitrogens with two attached hydrogens (primary N) is 1. The average Bonchev–Trinajstić information content (AvgIpc) is 2.41. The molecule has 0 aliphatic carbocycles. The van der Waals surface area contributed by atoms with Gasteiger partial charge >= 0.3 is 0 Å². The van der Waals surface area contributed by atoms with Crippen molar-refractivity contribution in [2.45, 2.75) is 6.54 Å². The molecule has 0 aliphatic rings. The number of carbonyl (C=O) groups excluding carboxylic acids is 1. The van der Waals surface area contributed by atoms with Gasteiger partial charge in [0.15, 0.2) is 0 Å². The van der Waals surface area contributed by atoms with Gasteiger partial charge in [0.05, 0.1) is 11.3 Å². The fraction of sp³-hybridized carbons (Fsp3) is 0.0714. The van der Waals surface area contributed by atoms with E-state index in [0.29, 0.717) is 5.56 Å². The van der Waals surface area contributed by atoms with Gasteiger partial charge in [-0.3, -0.25) is 4.79 Å². The van der Waals surface area contributed by atoms with Crippen molar-refractivity contribution in [1.82, 2.24) is 0 Å². The van der Waals surface area contributed by atoms with Crippen molar-refractivity contribution in [2.24, 2.45) is 5.73 Å². The molecule has 0 bridgehead atoms. The van der Waals surface area contributed by atoms with Crippen molar-refractivity contribution in [3.05, 3.63) is 65.2 Å². The summed E-state index contributed by atoms with van der Waals surface area (Å²) in [6, 6.07) is 9.74. The first kappa shape index (κ1) is 13.2. The molecule has 0 atom stereocenters. The molecule has 0 aromatic heterocycles. The van der Waals surface area contributed by atoms with E-state index in [1.165, 1.54) is 36.4 Å². The van der Waals surface area contributed by atoms with Gasteiger partial charge in [-0.1, -0.05) is 18.2 Å². The molecule has 19 heavy (non-hydrogen) atoms. The Morgan fingerprint density at radius 1 is 1.11 bits per heavy atom. The van der Waals surface area contributed by atoms with Gasteiger partial charge in [0, 0.05) is 6.54 Å². The van der Waals surface area contributed by atoms with Crippen LogP contribution < -0.4 is 11.1 Å². The van der Waals surface area contributed by atoms with Crippen molar-refractivity contribution < 1.29 is 13.6 Å². The van der Waals surface area contributed by atoms with Gasteiger partial charge in [-0.25, -0.2) is 8.78 Å². The number of hydrogen-bond acceptors (Lipinski definition) is 2. The molecule has 1 amide bonds. The maximum absolute atomic E-state index is 13.6. The summed E-state index contributed by atoms with van der Waals surface area (Å²) in [6.07, 6.45) is 0. The maximum Gasteiger partial charge on any atom is 0.258 e. The molecule has 5 heteroatoms. The number of amides is 1. The van der Waals surface area contributed by atoms with Gasteiger partial charge < -0.3 is 11.1 Å². The van der Waals surface area contributed by atoms with Crippen LogP contribution in [-0.4, -0.2) is 5.91 Å². The molecule has 0 heterocycles. The number of halogens is 2. The zero-order valence-corrected chi connectivity index (χ0v) is 9.99. The number of hydrogen-bond donors (Lipinski definition) is 2. The SMILES string of the molecule is NCc1ccc(NC(=O)c2ccccc2F)c(F)c1. The normalized spacial score (nSPS) is 10.3. The smallest absolute Gasteiger partial charge is 0.258 e. The molecule has 0 unspecified atom stereocenters. The van der Waals surface area contributed by atoms with E-state index in [1.54, 1.807) is 6.07 Å². The Bertz CT molecular complexity index is 614. The van der Waals surface area contributed by atoms with Crippen molar-refractivity contribution in [2.75, 3.05) is 5.32 Å². The molecule has 2 aromatic rings. The summed E-state index contributed by atoms with van der Waals surface area (Å²) in [5.74, 6) is -1.95. The molecule has 2 aromatic carbocycles. The lowest BCUT2D eigenvalue weighted by molar-refractivity contribution is 0.102. The summed E-state index contributed by atoms with van der Waals surface area (Å²) in [6.45, 7) is 0.207. The van der Waals surface area contributed by atoms with Crippen molar-refractivity contribution in [3.8, 4) is 0 Å². The highest BCUT2D eigenvalue weighted by Crippen LogP contribution is 2.17. The van der Waals surface area contributed by atoms with E-state index in [-0.39, 0.29) is 17.8 Å². The lowest BCUT2D eigenvalue weighted by Crippen LogP contribution is -2.14. The third kappa shape index (κ3) is 2.95. The Morgan fingerprint density at radius 3 is 2.47 bits per heavy atom. The van der Waals surface area contributed by atoms with E-state index in [9.17, 15) is 13.6 Å². The van der Waals surface area contributed by atoms with Crippen LogP contribution in [0.2, 0.25) is 0 Å². The molecular formula is C14H12F2N2O. The molecule has 0 spiro atoms. The minimum atomic E-state index is -0.697. The maximum atomic E-state index is 13.6. The zero-order valence-electron chi connectivity index (χ0n) is 9.99. The van der Waals surface area contributed by atoms with Crippen LogP contribution >= 0.6 is 0 Å². The molecular weight excluding hydrogens is 250 g/mol. The molecule has 3 nitrogen and oxygen atoms in total. The van der Waals surface area contributed by atoms with Crippen LogP contribution in [-0.2, 0) is 6.54 Å². The predicted octanol–water partition coefficient (Wildman–Crippen LogP) is 2.68. The predicted molar refractivity (Wildman–Crippen MR) is 68.6 cm³/mol. The number of nitrogens with one attached hydrogen (secondary N) is 1. The molecule has 0 saturated heterocycles. The first-order valence-corrected chi connectivity index (χ1v) is 5.66. The van der Waals surface area contributed by atoms with Crippen molar-refractivity contribution >= 4 is 11.6 Å². The quantitative estimate of drug-likeness (QED) is 0.893. The molecule has 0 aliphatic heterocycles. The summed E-state index contributed by atoms with van der Waals surface area (Å²) in [5.41, 5.74) is 5.85. The number of rotatable bonds is 3. The molecule has 0 saturated carbocycles. The first-order valence-electron chi connectivity index (χ1n) is 5.66. The van der Waals surface area contributed by atoms with Crippen LogP contribution in [0.4, 0.5) is 14.5 Å². The molecule has 0 radical (unpaired) electrons. The third-order valence-electron chi connectivity index (χ3n) is 2.64. The zero-order chi connectivity index (χ0) is 13.8. The number of anilines is 1. The van der Waals surface area contributed by atoms with Crippen LogP contribution in [0.3, 0.4) is 0 Å². The Balaban J connectivity index is 2.22. The van der Waals surface area contributed by atoms with Crippen LogP contribution in [0.15, 0.2) is 42.5 Å². The van der Waals surface area contributed by atoms with E-state index in [2.05, 4.69) is 5.32 Å². The van der Waals surface area contributed by atoms with E-state index in [4.69, 9.17) is 5.73 Å². The van der Waals surface area contributed by atoms with Crippen LogP contribution in [0.5, 0.6) is 0 Å². The minimum Gasteiger partial charge on any atom is -0.326 e. The second-order valence-corrected chi connectivity index (χ2v) is 3.95. The Hall–Kier alpha value is -2.27. The fourth-order valence-electron chi connectivity index (χ4n) is 1.62. The van der Waals surface area contributed by atoms with E-state index in [1.807, 2.05) is 0 Å². The van der Waals surface area contributed by atoms with Gasteiger partial charge in [-0.2, -0.15) is 0 Å². The lowest BCUT2D eigenvalue weighted by Gasteiger charge is -2.08. The minimum absolute atomic E-state index is 0.00884. The summed E-state index contributed by atoms with van der Waals surface area (Å²) >= 11 is 0. The molecule has 3 N–H and O–H groups in total. The standard InChI is InChI=1S/C14H12F2N2O/c15-11-4-2-1-3-10(11)14(19)18-13-6-5-9(8-17)7-12(13)16/h1-7H,8,17H2,(H,18,19). The topological polar surface area (TPSA) is 55.1 Å². The summed E-state index contributed by atoms with van der Waals surface area (Å²) in [4.78, 5) is 11.8. The highest BCUT2D eigenvalue weighted by molar-refractivity contribution is 6.04. The molecule has 2 rings (SSSR count). The summed E-state index contributed by atoms with van der Waals surface area (Å²) in [7, 11) is 0. The largest absolute Gasteiger partial charge is 0.326 e. The first-order chi connectivity index (χ1) is 9.11. The highest BCUT2D eigenvalue weighted by atomic mass is 19.1. The summed E-state index contributed by atoms with van der Waals surface area (Å²) in [5, 5.41) is 2.32.